The molecule has 100 valence electrons. The third-order valence-corrected chi connectivity index (χ3v) is 4.43. The summed E-state index contributed by atoms with van der Waals surface area (Å²) in [7, 11) is 0. The molecular formula is C16H24ClN. The van der Waals surface area contributed by atoms with E-state index in [-0.39, 0.29) is 0 Å². The van der Waals surface area contributed by atoms with Crippen molar-refractivity contribution in [2.75, 3.05) is 6.54 Å². The molecular weight excluding hydrogens is 242 g/mol. The molecule has 1 aromatic carbocycles. The number of halogens is 1. The zero-order chi connectivity index (χ0) is 13.0. The molecule has 0 bridgehead atoms. The van der Waals surface area contributed by atoms with E-state index in [4.69, 9.17) is 11.6 Å². The Bertz CT molecular complexity index is 389. The van der Waals surface area contributed by atoms with E-state index in [9.17, 15) is 0 Å². The van der Waals surface area contributed by atoms with E-state index in [0.717, 1.165) is 11.6 Å². The van der Waals surface area contributed by atoms with Crippen molar-refractivity contribution >= 4 is 11.6 Å². The van der Waals surface area contributed by atoms with Crippen LogP contribution in [-0.4, -0.2) is 12.6 Å². The second-order valence-electron chi connectivity index (χ2n) is 5.52. The van der Waals surface area contributed by atoms with Gasteiger partial charge in [0.2, 0.25) is 0 Å². The second-order valence-corrected chi connectivity index (χ2v) is 5.93. The molecule has 0 radical (unpaired) electrons. The highest BCUT2D eigenvalue weighted by Gasteiger charge is 2.22. The normalized spacial score (nSPS) is 24.2. The number of benzene rings is 1. The van der Waals surface area contributed by atoms with Gasteiger partial charge >= 0.3 is 0 Å². The standard InChI is InChI=1S/C16H24ClN/c1-3-9-18-15-6-4-5-13(10-15)14-8-7-12(2)16(17)11-14/h7-8,11,13,15,18H,3-6,9-10H2,1-2H3. The Morgan fingerprint density at radius 2 is 2.17 bits per heavy atom. The summed E-state index contributed by atoms with van der Waals surface area (Å²) in [4.78, 5) is 0. The van der Waals surface area contributed by atoms with Crippen molar-refractivity contribution in [1.82, 2.24) is 5.32 Å². The molecule has 2 rings (SSSR count). The van der Waals surface area contributed by atoms with Gasteiger partial charge in [-0.15, -0.1) is 0 Å². The third kappa shape index (κ3) is 3.49. The molecule has 1 nitrogen and oxygen atoms in total. The van der Waals surface area contributed by atoms with Gasteiger partial charge in [-0.2, -0.15) is 0 Å². The molecule has 1 aliphatic rings. The van der Waals surface area contributed by atoms with Crippen LogP contribution in [0.1, 0.15) is 56.1 Å². The molecule has 1 saturated carbocycles. The van der Waals surface area contributed by atoms with Gasteiger partial charge in [0.15, 0.2) is 0 Å². The molecule has 0 saturated heterocycles. The van der Waals surface area contributed by atoms with Crippen LogP contribution >= 0.6 is 11.6 Å². The zero-order valence-electron chi connectivity index (χ0n) is 11.5. The maximum atomic E-state index is 6.24. The summed E-state index contributed by atoms with van der Waals surface area (Å²) >= 11 is 6.24. The molecule has 0 aromatic heterocycles. The summed E-state index contributed by atoms with van der Waals surface area (Å²) in [5, 5.41) is 4.58. The fourth-order valence-electron chi connectivity index (χ4n) is 2.89. The van der Waals surface area contributed by atoms with Gasteiger partial charge in [0, 0.05) is 11.1 Å². The molecule has 0 amide bonds. The van der Waals surface area contributed by atoms with Crippen LogP contribution in [0.5, 0.6) is 0 Å². The van der Waals surface area contributed by atoms with Gasteiger partial charge < -0.3 is 5.32 Å². The van der Waals surface area contributed by atoms with Gasteiger partial charge in [0.05, 0.1) is 0 Å². The Hall–Kier alpha value is -0.530. The van der Waals surface area contributed by atoms with Gasteiger partial charge in [0.1, 0.15) is 0 Å². The Balaban J connectivity index is 2.01. The molecule has 1 aromatic rings. The number of rotatable bonds is 4. The van der Waals surface area contributed by atoms with E-state index in [2.05, 4.69) is 37.4 Å². The smallest absolute Gasteiger partial charge is 0.0438 e. The van der Waals surface area contributed by atoms with Crippen molar-refractivity contribution in [1.29, 1.82) is 0 Å². The van der Waals surface area contributed by atoms with Gasteiger partial charge in [-0.05, 0) is 62.3 Å². The molecule has 2 atom stereocenters. The third-order valence-electron chi connectivity index (χ3n) is 4.02. The first-order valence-corrected chi connectivity index (χ1v) is 7.58. The minimum atomic E-state index is 0.686. The minimum absolute atomic E-state index is 0.686. The highest BCUT2D eigenvalue weighted by molar-refractivity contribution is 6.31. The van der Waals surface area contributed by atoms with Crippen LogP contribution in [0, 0.1) is 6.92 Å². The molecule has 2 unspecified atom stereocenters. The van der Waals surface area contributed by atoms with Gasteiger partial charge in [0.25, 0.3) is 0 Å². The lowest BCUT2D eigenvalue weighted by molar-refractivity contribution is 0.340. The van der Waals surface area contributed by atoms with Crippen molar-refractivity contribution in [2.45, 2.75) is 57.9 Å². The van der Waals surface area contributed by atoms with Crippen molar-refractivity contribution in [3.05, 3.63) is 34.3 Å². The first-order valence-electron chi connectivity index (χ1n) is 7.20. The number of aryl methyl sites for hydroxylation is 1. The van der Waals surface area contributed by atoms with Crippen LogP contribution in [0.3, 0.4) is 0 Å². The molecule has 18 heavy (non-hydrogen) atoms. The molecule has 1 N–H and O–H groups in total. The average Bonchev–Trinajstić information content (AvgIpc) is 2.40. The summed E-state index contributed by atoms with van der Waals surface area (Å²) in [5.41, 5.74) is 2.60. The van der Waals surface area contributed by atoms with Crippen LogP contribution in [-0.2, 0) is 0 Å². The topological polar surface area (TPSA) is 12.0 Å². The Morgan fingerprint density at radius 1 is 1.33 bits per heavy atom. The molecule has 1 aliphatic carbocycles. The van der Waals surface area contributed by atoms with Crippen LogP contribution in [0.15, 0.2) is 18.2 Å². The minimum Gasteiger partial charge on any atom is -0.314 e. The lowest BCUT2D eigenvalue weighted by Crippen LogP contribution is -2.34. The summed E-state index contributed by atoms with van der Waals surface area (Å²) < 4.78 is 0. The largest absolute Gasteiger partial charge is 0.314 e. The molecule has 1 fully saturated rings. The van der Waals surface area contributed by atoms with Crippen molar-refractivity contribution in [2.24, 2.45) is 0 Å². The lowest BCUT2D eigenvalue weighted by atomic mass is 9.81. The first-order chi connectivity index (χ1) is 8.70. The number of hydrogen-bond acceptors (Lipinski definition) is 1. The molecule has 0 aliphatic heterocycles. The van der Waals surface area contributed by atoms with E-state index in [0.29, 0.717) is 12.0 Å². The van der Waals surface area contributed by atoms with Crippen molar-refractivity contribution in [3.63, 3.8) is 0 Å². The fourth-order valence-corrected chi connectivity index (χ4v) is 3.08. The molecule has 0 spiro atoms. The monoisotopic (exact) mass is 265 g/mol. The van der Waals surface area contributed by atoms with E-state index >= 15 is 0 Å². The Labute approximate surface area is 116 Å². The quantitative estimate of drug-likeness (QED) is 0.834. The van der Waals surface area contributed by atoms with Crippen LogP contribution in [0.2, 0.25) is 5.02 Å². The number of nitrogens with one attached hydrogen (secondary N) is 1. The summed E-state index contributed by atoms with van der Waals surface area (Å²) in [6.45, 7) is 5.44. The zero-order valence-corrected chi connectivity index (χ0v) is 12.3. The lowest BCUT2D eigenvalue weighted by Gasteiger charge is -2.30. The summed E-state index contributed by atoms with van der Waals surface area (Å²) in [6.07, 6.45) is 6.45. The van der Waals surface area contributed by atoms with E-state index < -0.39 is 0 Å². The first kappa shape index (κ1) is 13.9. The fraction of sp³-hybridized carbons (Fsp3) is 0.625. The SMILES string of the molecule is CCCNC1CCCC(c2ccc(C)c(Cl)c2)C1. The highest BCUT2D eigenvalue weighted by atomic mass is 35.5. The van der Waals surface area contributed by atoms with E-state index in [1.165, 1.54) is 43.2 Å². The van der Waals surface area contributed by atoms with Crippen LogP contribution < -0.4 is 5.32 Å². The Kier molecular flexibility index (Phi) is 5.08. The predicted molar refractivity (Wildman–Crippen MR) is 79.5 cm³/mol. The average molecular weight is 266 g/mol. The van der Waals surface area contributed by atoms with Crippen LogP contribution in [0.25, 0.3) is 0 Å². The van der Waals surface area contributed by atoms with Crippen LogP contribution in [0.4, 0.5) is 0 Å². The summed E-state index contributed by atoms with van der Waals surface area (Å²) in [5.74, 6) is 0.686. The number of hydrogen-bond donors (Lipinski definition) is 1. The van der Waals surface area contributed by atoms with Gasteiger partial charge in [-0.3, -0.25) is 0 Å². The Morgan fingerprint density at radius 3 is 2.89 bits per heavy atom. The van der Waals surface area contributed by atoms with Crippen molar-refractivity contribution in [3.8, 4) is 0 Å². The molecule has 0 heterocycles. The van der Waals surface area contributed by atoms with Gasteiger partial charge in [-0.25, -0.2) is 0 Å². The molecule has 2 heteroatoms. The predicted octanol–water partition coefficient (Wildman–Crippen LogP) is 4.67. The second kappa shape index (κ2) is 6.58. The van der Waals surface area contributed by atoms with E-state index in [1.54, 1.807) is 0 Å². The maximum Gasteiger partial charge on any atom is 0.0438 e. The van der Waals surface area contributed by atoms with Gasteiger partial charge in [-0.1, -0.05) is 37.1 Å². The van der Waals surface area contributed by atoms with Crippen molar-refractivity contribution < 1.29 is 0 Å². The highest BCUT2D eigenvalue weighted by Crippen LogP contribution is 2.34. The maximum absolute atomic E-state index is 6.24. The van der Waals surface area contributed by atoms with E-state index in [1.807, 2.05) is 0 Å². The summed E-state index contributed by atoms with van der Waals surface area (Å²) in [6, 6.07) is 7.28.